The van der Waals surface area contributed by atoms with Crippen molar-refractivity contribution in [3.8, 4) is 0 Å². The maximum absolute atomic E-state index is 13.0. The van der Waals surface area contributed by atoms with Crippen molar-refractivity contribution in [1.82, 2.24) is 4.90 Å². The second-order valence-electron chi connectivity index (χ2n) is 7.74. The minimum atomic E-state index is -1.01. The first-order chi connectivity index (χ1) is 14.9. The van der Waals surface area contributed by atoms with Gasteiger partial charge in [-0.1, -0.05) is 68.1 Å². The molecule has 2 aromatic rings. The Labute approximate surface area is 181 Å². The van der Waals surface area contributed by atoms with Gasteiger partial charge >= 0.3 is 0 Å². The van der Waals surface area contributed by atoms with E-state index in [-0.39, 0.29) is 29.1 Å². The lowest BCUT2D eigenvalue weighted by Crippen LogP contribution is -2.31. The van der Waals surface area contributed by atoms with Crippen LogP contribution < -0.4 is 0 Å². The topological polar surface area (TPSA) is 101 Å². The van der Waals surface area contributed by atoms with Gasteiger partial charge < -0.3 is 10.0 Å². The van der Waals surface area contributed by atoms with Gasteiger partial charge in [0.1, 0.15) is 5.76 Å². The number of benzene rings is 2. The van der Waals surface area contributed by atoms with E-state index in [0.717, 1.165) is 24.8 Å². The molecule has 7 nitrogen and oxygen atoms in total. The Morgan fingerprint density at radius 1 is 1.06 bits per heavy atom. The van der Waals surface area contributed by atoms with Crippen molar-refractivity contribution in [2.75, 3.05) is 6.54 Å². The Kier molecular flexibility index (Phi) is 6.84. The van der Waals surface area contributed by atoms with Crippen LogP contribution in [0.4, 0.5) is 5.69 Å². The number of nitro groups is 1. The van der Waals surface area contributed by atoms with Crippen molar-refractivity contribution in [2.24, 2.45) is 0 Å². The summed E-state index contributed by atoms with van der Waals surface area (Å²) in [5.41, 5.74) is 1.28. The molecule has 1 aliphatic heterocycles. The number of unbranched alkanes of at least 4 members (excludes halogenated alkanes) is 3. The Hall–Kier alpha value is -3.48. The molecule has 1 fully saturated rings. The van der Waals surface area contributed by atoms with Crippen LogP contribution in [0.2, 0.25) is 0 Å². The number of carbonyl (C=O) groups is 2. The number of aryl methyl sites for hydroxylation is 1. The number of nitro benzene ring substituents is 1. The average molecular weight is 422 g/mol. The van der Waals surface area contributed by atoms with E-state index in [4.69, 9.17) is 0 Å². The highest BCUT2D eigenvalue weighted by atomic mass is 16.6. The summed E-state index contributed by atoms with van der Waals surface area (Å²) in [6, 6.07) is 11.9. The molecule has 1 amide bonds. The summed E-state index contributed by atoms with van der Waals surface area (Å²) in [5, 5.41) is 22.7. The van der Waals surface area contributed by atoms with Crippen LogP contribution in [0.5, 0.6) is 0 Å². The molecule has 0 saturated carbocycles. The van der Waals surface area contributed by atoms with E-state index in [0.29, 0.717) is 12.0 Å². The van der Waals surface area contributed by atoms with Gasteiger partial charge in [0.05, 0.1) is 22.1 Å². The number of aliphatic hydroxyl groups is 1. The number of nitrogens with zero attached hydrogens (tertiary/aromatic N) is 2. The van der Waals surface area contributed by atoms with Crippen LogP contribution in [0.3, 0.4) is 0 Å². The number of para-hydroxylation sites is 1. The fourth-order valence-corrected chi connectivity index (χ4v) is 3.89. The van der Waals surface area contributed by atoms with Crippen molar-refractivity contribution in [3.05, 3.63) is 80.9 Å². The molecule has 3 rings (SSSR count). The molecule has 2 aromatic carbocycles. The summed E-state index contributed by atoms with van der Waals surface area (Å²) in [4.78, 5) is 38.4. The van der Waals surface area contributed by atoms with Crippen molar-refractivity contribution in [1.29, 1.82) is 0 Å². The van der Waals surface area contributed by atoms with Gasteiger partial charge in [0.25, 0.3) is 17.4 Å². The summed E-state index contributed by atoms with van der Waals surface area (Å²) in [7, 11) is 0. The second kappa shape index (κ2) is 9.55. The molecule has 1 unspecified atom stereocenters. The van der Waals surface area contributed by atoms with Gasteiger partial charge in [0, 0.05) is 18.2 Å². The van der Waals surface area contributed by atoms with Gasteiger partial charge in [-0.25, -0.2) is 0 Å². The smallest absolute Gasteiger partial charge is 0.295 e. The van der Waals surface area contributed by atoms with E-state index in [2.05, 4.69) is 6.92 Å². The maximum Gasteiger partial charge on any atom is 0.295 e. The largest absolute Gasteiger partial charge is 0.507 e. The summed E-state index contributed by atoms with van der Waals surface area (Å²) < 4.78 is 0. The van der Waals surface area contributed by atoms with E-state index in [1.165, 1.54) is 23.1 Å². The highest BCUT2D eigenvalue weighted by molar-refractivity contribution is 6.46. The first-order valence-electron chi connectivity index (χ1n) is 10.5. The Balaban J connectivity index is 2.15. The van der Waals surface area contributed by atoms with Crippen LogP contribution in [0.15, 0.2) is 54.1 Å². The molecule has 0 spiro atoms. The molecule has 1 saturated heterocycles. The quantitative estimate of drug-likeness (QED) is 0.163. The Morgan fingerprint density at radius 2 is 1.74 bits per heavy atom. The van der Waals surface area contributed by atoms with E-state index >= 15 is 0 Å². The lowest BCUT2D eigenvalue weighted by molar-refractivity contribution is -0.385. The van der Waals surface area contributed by atoms with Crippen molar-refractivity contribution >= 4 is 23.1 Å². The van der Waals surface area contributed by atoms with Crippen LogP contribution in [0, 0.1) is 17.0 Å². The molecule has 0 bridgehead atoms. The molecular weight excluding hydrogens is 396 g/mol. The Bertz CT molecular complexity index is 1030. The fourth-order valence-electron chi connectivity index (χ4n) is 3.89. The lowest BCUT2D eigenvalue weighted by atomic mass is 9.94. The molecule has 1 heterocycles. The summed E-state index contributed by atoms with van der Waals surface area (Å²) in [5.74, 6) is -1.89. The van der Waals surface area contributed by atoms with Crippen LogP contribution in [-0.4, -0.2) is 33.2 Å². The average Bonchev–Trinajstić information content (AvgIpc) is 3.01. The number of aliphatic hydroxyl groups excluding tert-OH is 1. The summed E-state index contributed by atoms with van der Waals surface area (Å²) in [6.07, 6.45) is 3.55. The van der Waals surface area contributed by atoms with Gasteiger partial charge in [-0.15, -0.1) is 0 Å². The SMILES string of the molecule is CCCCCCN1C(=O)C(=O)/C(=C(/O)c2ccc(C)cc2)C1c1ccccc1[N+](=O)[O-]. The van der Waals surface area contributed by atoms with Crippen LogP contribution in [-0.2, 0) is 9.59 Å². The summed E-state index contributed by atoms with van der Waals surface area (Å²) in [6.45, 7) is 4.25. The number of likely N-dealkylation sites (tertiary alicyclic amines) is 1. The lowest BCUT2D eigenvalue weighted by Gasteiger charge is -2.25. The molecule has 1 N–H and O–H groups in total. The molecular formula is C24H26N2O5. The van der Waals surface area contributed by atoms with Crippen LogP contribution >= 0.6 is 0 Å². The number of Topliss-reactive ketones (excluding diaryl/α,β-unsaturated/α-hetero) is 1. The predicted molar refractivity (Wildman–Crippen MR) is 117 cm³/mol. The molecule has 31 heavy (non-hydrogen) atoms. The molecule has 162 valence electrons. The number of hydrogen-bond donors (Lipinski definition) is 1. The van der Waals surface area contributed by atoms with Crippen LogP contribution in [0.1, 0.15) is 55.3 Å². The van der Waals surface area contributed by atoms with Gasteiger partial charge in [-0.2, -0.15) is 0 Å². The van der Waals surface area contributed by atoms with E-state index in [1.807, 2.05) is 6.92 Å². The van der Waals surface area contributed by atoms with Crippen molar-refractivity contribution in [3.63, 3.8) is 0 Å². The summed E-state index contributed by atoms with van der Waals surface area (Å²) >= 11 is 0. The van der Waals surface area contributed by atoms with Crippen molar-refractivity contribution in [2.45, 2.75) is 45.6 Å². The molecule has 7 heteroatoms. The maximum atomic E-state index is 13.0. The third-order valence-electron chi connectivity index (χ3n) is 5.55. The first kappa shape index (κ1) is 22.2. The molecule has 0 aromatic heterocycles. The van der Waals surface area contributed by atoms with E-state index < -0.39 is 22.7 Å². The number of hydrogen-bond acceptors (Lipinski definition) is 5. The molecule has 0 radical (unpaired) electrons. The standard InChI is InChI=1S/C24H26N2O5/c1-3-4-5-8-15-25-21(18-9-6-7-10-19(18)26(30)31)20(23(28)24(25)29)22(27)17-13-11-16(2)12-14-17/h6-7,9-14,21,27H,3-5,8,15H2,1-2H3/b22-20+. The highest BCUT2D eigenvalue weighted by Crippen LogP contribution is 2.42. The zero-order chi connectivity index (χ0) is 22.5. The van der Waals surface area contributed by atoms with Crippen molar-refractivity contribution < 1.29 is 19.6 Å². The number of amides is 1. The third kappa shape index (κ3) is 4.50. The van der Waals surface area contributed by atoms with Gasteiger partial charge in [-0.3, -0.25) is 19.7 Å². The van der Waals surface area contributed by atoms with Gasteiger partial charge in [0.2, 0.25) is 0 Å². The highest BCUT2D eigenvalue weighted by Gasteiger charge is 2.47. The zero-order valence-electron chi connectivity index (χ0n) is 17.7. The fraction of sp³-hybridized carbons (Fsp3) is 0.333. The third-order valence-corrected chi connectivity index (χ3v) is 5.55. The molecule has 1 aliphatic rings. The predicted octanol–water partition coefficient (Wildman–Crippen LogP) is 4.91. The van der Waals surface area contributed by atoms with Gasteiger partial charge in [0.15, 0.2) is 0 Å². The van der Waals surface area contributed by atoms with Crippen LogP contribution in [0.25, 0.3) is 5.76 Å². The second-order valence-corrected chi connectivity index (χ2v) is 7.74. The van der Waals surface area contributed by atoms with E-state index in [1.54, 1.807) is 30.3 Å². The first-order valence-corrected chi connectivity index (χ1v) is 10.5. The monoisotopic (exact) mass is 422 g/mol. The molecule has 0 aliphatic carbocycles. The minimum absolute atomic E-state index is 0.112. The zero-order valence-corrected chi connectivity index (χ0v) is 17.7. The number of ketones is 1. The minimum Gasteiger partial charge on any atom is -0.507 e. The van der Waals surface area contributed by atoms with Gasteiger partial charge in [-0.05, 0) is 19.4 Å². The van der Waals surface area contributed by atoms with E-state index in [9.17, 15) is 24.8 Å². The molecule has 1 atom stereocenters. The number of rotatable bonds is 8. The Morgan fingerprint density at radius 3 is 2.39 bits per heavy atom. The normalized spacial score (nSPS) is 17.9. The number of carbonyl (C=O) groups excluding carboxylic acids is 2.